The summed E-state index contributed by atoms with van der Waals surface area (Å²) in [6.07, 6.45) is 3.34. The molecule has 6 heteroatoms. The second-order valence-electron chi connectivity index (χ2n) is 7.31. The van der Waals surface area contributed by atoms with Crippen molar-refractivity contribution in [1.29, 1.82) is 0 Å². The van der Waals surface area contributed by atoms with Gasteiger partial charge in [-0.3, -0.25) is 9.79 Å². The van der Waals surface area contributed by atoms with Gasteiger partial charge in [-0.15, -0.1) is 0 Å². The maximum atomic E-state index is 12.0. The molecule has 0 aliphatic heterocycles. The Bertz CT molecular complexity index is 978. The topological polar surface area (TPSA) is 81.3 Å². The Kier molecular flexibility index (Phi) is 7.89. The zero-order chi connectivity index (χ0) is 21.2. The van der Waals surface area contributed by atoms with Crippen molar-refractivity contribution in [1.82, 2.24) is 20.9 Å². The molecule has 0 spiro atoms. The van der Waals surface area contributed by atoms with E-state index in [0.29, 0.717) is 19.5 Å². The van der Waals surface area contributed by atoms with E-state index in [0.717, 1.165) is 31.0 Å². The first-order valence-electron chi connectivity index (χ1n) is 10.5. The molecule has 0 saturated carbocycles. The number of benzene rings is 2. The molecule has 0 bridgehead atoms. The molecule has 0 atom stereocenters. The van der Waals surface area contributed by atoms with Crippen molar-refractivity contribution in [3.8, 4) is 0 Å². The first-order valence-corrected chi connectivity index (χ1v) is 10.5. The van der Waals surface area contributed by atoms with Gasteiger partial charge >= 0.3 is 0 Å². The summed E-state index contributed by atoms with van der Waals surface area (Å²) in [5.74, 6) is 0.747. The summed E-state index contributed by atoms with van der Waals surface area (Å²) in [5, 5.41) is 10.8. The number of aromatic amines is 1. The van der Waals surface area contributed by atoms with Crippen LogP contribution in [0.4, 0.5) is 0 Å². The minimum atomic E-state index is 0.00698. The highest BCUT2D eigenvalue weighted by Crippen LogP contribution is 2.19. The van der Waals surface area contributed by atoms with Gasteiger partial charge in [-0.25, -0.2) is 0 Å². The van der Waals surface area contributed by atoms with Gasteiger partial charge in [-0.2, -0.15) is 0 Å². The van der Waals surface area contributed by atoms with Gasteiger partial charge in [0.1, 0.15) is 0 Å². The van der Waals surface area contributed by atoms with Crippen molar-refractivity contribution in [3.63, 3.8) is 0 Å². The Morgan fingerprint density at radius 2 is 1.90 bits per heavy atom. The second-order valence-corrected chi connectivity index (χ2v) is 7.31. The van der Waals surface area contributed by atoms with Crippen LogP contribution >= 0.6 is 0 Å². The van der Waals surface area contributed by atoms with Crippen molar-refractivity contribution in [2.24, 2.45) is 4.99 Å². The Hall–Kier alpha value is -3.28. The highest BCUT2D eigenvalue weighted by molar-refractivity contribution is 5.84. The lowest BCUT2D eigenvalue weighted by Gasteiger charge is -2.11. The van der Waals surface area contributed by atoms with Crippen LogP contribution in [0.2, 0.25) is 0 Å². The molecule has 0 fully saturated rings. The predicted octanol–water partition coefficient (Wildman–Crippen LogP) is 3.28. The average Bonchev–Trinajstić information content (AvgIpc) is 3.15. The quantitative estimate of drug-likeness (QED) is 0.326. The fourth-order valence-corrected chi connectivity index (χ4v) is 3.32. The van der Waals surface area contributed by atoms with E-state index in [1.807, 2.05) is 37.3 Å². The Labute approximate surface area is 178 Å². The third kappa shape index (κ3) is 6.37. The number of carbonyl (C=O) groups is 1. The van der Waals surface area contributed by atoms with Crippen molar-refractivity contribution < 1.29 is 4.79 Å². The van der Waals surface area contributed by atoms with Gasteiger partial charge in [-0.1, -0.05) is 42.5 Å². The summed E-state index contributed by atoms with van der Waals surface area (Å²) in [7, 11) is 0. The zero-order valence-electron chi connectivity index (χ0n) is 17.8. The molecule has 6 nitrogen and oxygen atoms in total. The monoisotopic (exact) mass is 405 g/mol. The van der Waals surface area contributed by atoms with Gasteiger partial charge in [0.15, 0.2) is 5.96 Å². The summed E-state index contributed by atoms with van der Waals surface area (Å²) < 4.78 is 0. The molecule has 0 aliphatic carbocycles. The van der Waals surface area contributed by atoms with Crippen LogP contribution in [0.15, 0.2) is 59.7 Å². The lowest BCUT2D eigenvalue weighted by Crippen LogP contribution is -2.38. The number of fused-ring (bicyclic) bond motifs is 1. The van der Waals surface area contributed by atoms with Crippen LogP contribution in [0, 0.1) is 6.92 Å². The highest BCUT2D eigenvalue weighted by atomic mass is 16.1. The number of nitrogens with one attached hydrogen (secondary N) is 4. The smallest absolute Gasteiger partial charge is 0.222 e. The number of hydrogen-bond donors (Lipinski definition) is 4. The Morgan fingerprint density at radius 3 is 2.70 bits per heavy atom. The normalized spacial score (nSPS) is 11.5. The number of aryl methyl sites for hydroxylation is 1. The van der Waals surface area contributed by atoms with Crippen molar-refractivity contribution in [2.75, 3.05) is 19.6 Å². The number of amides is 1. The number of H-pyrrole nitrogens is 1. The summed E-state index contributed by atoms with van der Waals surface area (Å²) in [4.78, 5) is 19.9. The Balaban J connectivity index is 1.44. The van der Waals surface area contributed by atoms with E-state index in [2.05, 4.69) is 57.2 Å². The van der Waals surface area contributed by atoms with Crippen molar-refractivity contribution in [3.05, 3.63) is 71.4 Å². The Morgan fingerprint density at radius 1 is 1.07 bits per heavy atom. The molecule has 2 aromatic carbocycles. The lowest BCUT2D eigenvalue weighted by molar-refractivity contribution is -0.121. The van der Waals surface area contributed by atoms with Gasteiger partial charge < -0.3 is 20.9 Å². The molecular formula is C24H31N5O. The summed E-state index contributed by atoms with van der Waals surface area (Å²) in [6.45, 7) is 6.67. The van der Waals surface area contributed by atoms with Gasteiger partial charge in [0, 0.05) is 43.2 Å². The molecule has 158 valence electrons. The number of rotatable bonds is 9. The molecule has 3 aromatic rings. The second kappa shape index (κ2) is 11.0. The lowest BCUT2D eigenvalue weighted by atomic mass is 10.1. The van der Waals surface area contributed by atoms with Crippen LogP contribution < -0.4 is 16.0 Å². The third-order valence-electron chi connectivity index (χ3n) is 4.90. The number of nitrogens with zero attached hydrogens (tertiary/aromatic N) is 1. The van der Waals surface area contributed by atoms with E-state index in [1.165, 1.54) is 22.0 Å². The van der Waals surface area contributed by atoms with Gasteiger partial charge in [-0.05, 0) is 43.0 Å². The SMILES string of the molecule is CCNC(=NCCC(=O)NCc1ccccc1)NCCc1c[nH]c2cc(C)ccc12. The fourth-order valence-electron chi connectivity index (χ4n) is 3.32. The highest BCUT2D eigenvalue weighted by Gasteiger charge is 2.05. The van der Waals surface area contributed by atoms with Crippen molar-refractivity contribution in [2.45, 2.75) is 33.2 Å². The van der Waals surface area contributed by atoms with Crippen LogP contribution in [0.25, 0.3) is 10.9 Å². The summed E-state index contributed by atoms with van der Waals surface area (Å²) >= 11 is 0. The minimum absolute atomic E-state index is 0.00698. The van der Waals surface area contributed by atoms with Gasteiger partial charge in [0.05, 0.1) is 6.54 Å². The third-order valence-corrected chi connectivity index (χ3v) is 4.90. The van der Waals surface area contributed by atoms with Crippen LogP contribution in [0.1, 0.15) is 30.0 Å². The van der Waals surface area contributed by atoms with Crippen LogP contribution in [-0.2, 0) is 17.8 Å². The van der Waals surface area contributed by atoms with Crippen LogP contribution in [-0.4, -0.2) is 36.5 Å². The zero-order valence-corrected chi connectivity index (χ0v) is 17.8. The van der Waals surface area contributed by atoms with E-state index in [9.17, 15) is 4.79 Å². The molecule has 1 heterocycles. The van der Waals surface area contributed by atoms with E-state index in [-0.39, 0.29) is 5.91 Å². The molecule has 0 unspecified atom stereocenters. The van der Waals surface area contributed by atoms with E-state index in [1.54, 1.807) is 0 Å². The van der Waals surface area contributed by atoms with Crippen molar-refractivity contribution >= 4 is 22.8 Å². The molecule has 0 saturated heterocycles. The number of hydrogen-bond acceptors (Lipinski definition) is 2. The fraction of sp³-hybridized carbons (Fsp3) is 0.333. The molecule has 30 heavy (non-hydrogen) atoms. The first-order chi connectivity index (χ1) is 14.7. The molecule has 0 aliphatic rings. The largest absolute Gasteiger partial charge is 0.361 e. The van der Waals surface area contributed by atoms with Gasteiger partial charge in [0.2, 0.25) is 5.91 Å². The first kappa shape index (κ1) is 21.4. The molecule has 0 radical (unpaired) electrons. The summed E-state index contributed by atoms with van der Waals surface area (Å²) in [6, 6.07) is 16.4. The van der Waals surface area contributed by atoms with E-state index < -0.39 is 0 Å². The maximum Gasteiger partial charge on any atom is 0.222 e. The molecule has 1 amide bonds. The average molecular weight is 406 g/mol. The van der Waals surface area contributed by atoms with Crippen LogP contribution in [0.3, 0.4) is 0 Å². The molecular weight excluding hydrogens is 374 g/mol. The summed E-state index contributed by atoms with van der Waals surface area (Å²) in [5.41, 5.74) is 4.81. The van der Waals surface area contributed by atoms with Gasteiger partial charge in [0.25, 0.3) is 0 Å². The molecule has 1 aromatic heterocycles. The molecule has 3 rings (SSSR count). The van der Waals surface area contributed by atoms with E-state index in [4.69, 9.17) is 0 Å². The molecule has 4 N–H and O–H groups in total. The standard InChI is InChI=1S/C24H31N5O/c1-3-25-24(27-14-12-23(30)29-16-19-7-5-4-6-8-19)26-13-11-20-17-28-22-15-18(2)9-10-21(20)22/h4-10,15,17,28H,3,11-14,16H2,1-2H3,(H,29,30)(H2,25,26,27). The number of guanidine groups is 1. The van der Waals surface area contributed by atoms with E-state index >= 15 is 0 Å². The number of aliphatic imine (C=N–C) groups is 1. The van der Waals surface area contributed by atoms with Crippen LogP contribution in [0.5, 0.6) is 0 Å². The maximum absolute atomic E-state index is 12.0. The number of carbonyl (C=O) groups excluding carboxylic acids is 1. The number of aromatic nitrogens is 1. The minimum Gasteiger partial charge on any atom is -0.361 e. The predicted molar refractivity (Wildman–Crippen MR) is 124 cm³/mol.